The van der Waals surface area contributed by atoms with Crippen molar-refractivity contribution in [2.75, 3.05) is 0 Å². The summed E-state index contributed by atoms with van der Waals surface area (Å²) in [5, 5.41) is 21.2. The first kappa shape index (κ1) is 20.5. The van der Waals surface area contributed by atoms with E-state index in [9.17, 15) is 5.11 Å². The lowest BCUT2D eigenvalue weighted by atomic mass is 9.96. The summed E-state index contributed by atoms with van der Waals surface area (Å²) in [6.45, 7) is 6.28. The lowest BCUT2D eigenvalue weighted by Gasteiger charge is -2.25. The quantitative estimate of drug-likeness (QED) is 0.358. The van der Waals surface area contributed by atoms with E-state index in [0.29, 0.717) is 41.0 Å². The third-order valence-electron chi connectivity index (χ3n) is 6.11. The van der Waals surface area contributed by atoms with Crippen molar-refractivity contribution >= 4 is 16.5 Å². The number of hydrogen-bond donors (Lipinski definition) is 4. The second-order valence-corrected chi connectivity index (χ2v) is 8.51. The Morgan fingerprint density at radius 3 is 2.75 bits per heavy atom. The maximum absolute atomic E-state index is 15.5. The molecule has 0 bridgehead atoms. The summed E-state index contributed by atoms with van der Waals surface area (Å²) in [4.78, 5) is 7.92. The van der Waals surface area contributed by atoms with Gasteiger partial charge in [0, 0.05) is 23.0 Å². The fourth-order valence-electron chi connectivity index (χ4n) is 4.64. The van der Waals surface area contributed by atoms with Gasteiger partial charge in [-0.3, -0.25) is 5.10 Å². The summed E-state index contributed by atoms with van der Waals surface area (Å²) in [5.41, 5.74) is 5.23. The molecule has 0 unspecified atom stereocenters. The number of aryl methyl sites for hydroxylation is 1. The van der Waals surface area contributed by atoms with Crippen LogP contribution in [-0.2, 0) is 6.42 Å². The van der Waals surface area contributed by atoms with Crippen LogP contribution < -0.4 is 5.32 Å². The second-order valence-electron chi connectivity index (χ2n) is 8.51. The van der Waals surface area contributed by atoms with E-state index < -0.39 is 0 Å². The van der Waals surface area contributed by atoms with E-state index in [1.807, 2.05) is 19.2 Å². The number of nitrogens with one attached hydrogen (secondary N) is 3. The number of benzene rings is 2. The number of hydrogen-bond acceptors (Lipinski definition) is 4. The van der Waals surface area contributed by atoms with Crippen LogP contribution >= 0.6 is 0 Å². The van der Waals surface area contributed by atoms with Crippen molar-refractivity contribution in [3.05, 3.63) is 59.7 Å². The van der Waals surface area contributed by atoms with Crippen LogP contribution in [0.5, 0.6) is 5.75 Å². The van der Waals surface area contributed by atoms with Crippen molar-refractivity contribution in [1.82, 2.24) is 25.5 Å². The number of aromatic amines is 2. The van der Waals surface area contributed by atoms with Gasteiger partial charge >= 0.3 is 0 Å². The first-order chi connectivity index (χ1) is 15.4. The van der Waals surface area contributed by atoms with Crippen molar-refractivity contribution in [3.63, 3.8) is 0 Å². The molecule has 32 heavy (non-hydrogen) atoms. The molecule has 1 aliphatic rings. The molecule has 0 fully saturated rings. The van der Waals surface area contributed by atoms with Crippen molar-refractivity contribution < 1.29 is 9.50 Å². The third-order valence-corrected chi connectivity index (χ3v) is 6.11. The highest BCUT2D eigenvalue weighted by molar-refractivity contribution is 5.95. The molecule has 0 aliphatic carbocycles. The molecule has 2 aromatic carbocycles. The average Bonchev–Trinajstić information content (AvgIpc) is 3.41. The van der Waals surface area contributed by atoms with E-state index in [1.165, 1.54) is 5.57 Å². The monoisotopic (exact) mass is 431 g/mol. The number of halogens is 1. The summed E-state index contributed by atoms with van der Waals surface area (Å²) in [6, 6.07) is 9.34. The minimum atomic E-state index is -0.388. The van der Waals surface area contributed by atoms with Gasteiger partial charge in [-0.2, -0.15) is 5.10 Å². The first-order valence-corrected chi connectivity index (χ1v) is 11.0. The van der Waals surface area contributed by atoms with Crippen molar-refractivity contribution in [2.45, 2.75) is 45.7 Å². The Hall–Kier alpha value is -3.45. The molecule has 7 heteroatoms. The van der Waals surface area contributed by atoms with Crippen LogP contribution in [0.2, 0.25) is 0 Å². The number of imidazole rings is 1. The predicted molar refractivity (Wildman–Crippen MR) is 125 cm³/mol. The SMILES string of the molecule is CCc1cc(O)ccc1-c1ccc2c(-c3ncc(C4=C[C@@H](C)N[C@@H](C)C4)[nH]3)[nH]nc2c1F. The van der Waals surface area contributed by atoms with Gasteiger partial charge < -0.3 is 15.4 Å². The number of aromatic hydroxyl groups is 1. The lowest BCUT2D eigenvalue weighted by Crippen LogP contribution is -2.36. The van der Waals surface area contributed by atoms with Gasteiger partial charge in [0.25, 0.3) is 0 Å². The Morgan fingerprint density at radius 1 is 1.16 bits per heavy atom. The van der Waals surface area contributed by atoms with E-state index in [-0.39, 0.29) is 17.1 Å². The zero-order valence-electron chi connectivity index (χ0n) is 18.3. The molecule has 3 heterocycles. The van der Waals surface area contributed by atoms with Crippen LogP contribution in [0, 0.1) is 5.82 Å². The summed E-state index contributed by atoms with van der Waals surface area (Å²) < 4.78 is 15.5. The molecular weight excluding hydrogens is 405 g/mol. The molecule has 5 rings (SSSR count). The molecule has 0 amide bonds. The van der Waals surface area contributed by atoms with Crippen LogP contribution in [0.1, 0.15) is 38.4 Å². The zero-order chi connectivity index (χ0) is 22.4. The van der Waals surface area contributed by atoms with Gasteiger partial charge in [0.2, 0.25) is 0 Å². The number of nitrogens with zero attached hydrogens (tertiary/aromatic N) is 2. The third kappa shape index (κ3) is 3.48. The number of aromatic nitrogens is 4. The van der Waals surface area contributed by atoms with Gasteiger partial charge in [-0.15, -0.1) is 0 Å². The van der Waals surface area contributed by atoms with Crippen LogP contribution in [0.15, 0.2) is 42.6 Å². The highest BCUT2D eigenvalue weighted by atomic mass is 19.1. The normalized spacial score (nSPS) is 18.8. The highest BCUT2D eigenvalue weighted by Gasteiger charge is 2.21. The van der Waals surface area contributed by atoms with Crippen LogP contribution in [-0.4, -0.2) is 37.4 Å². The van der Waals surface area contributed by atoms with Crippen LogP contribution in [0.25, 0.3) is 39.1 Å². The van der Waals surface area contributed by atoms with Crippen molar-refractivity contribution in [2.24, 2.45) is 0 Å². The topological polar surface area (TPSA) is 89.6 Å². The number of fused-ring (bicyclic) bond motifs is 1. The maximum Gasteiger partial charge on any atom is 0.159 e. The molecule has 6 nitrogen and oxygen atoms in total. The van der Waals surface area contributed by atoms with E-state index >= 15 is 4.39 Å². The van der Waals surface area contributed by atoms with Gasteiger partial charge in [-0.1, -0.05) is 25.1 Å². The molecule has 0 saturated carbocycles. The van der Waals surface area contributed by atoms with Crippen molar-refractivity contribution in [1.29, 1.82) is 0 Å². The molecule has 164 valence electrons. The zero-order valence-corrected chi connectivity index (χ0v) is 18.3. The molecular formula is C25H26FN5O. The minimum Gasteiger partial charge on any atom is -0.508 e. The number of phenols is 1. The van der Waals surface area contributed by atoms with Crippen molar-refractivity contribution in [3.8, 4) is 28.4 Å². The molecule has 4 aromatic rings. The Balaban J connectivity index is 1.54. The standard InChI is InChI=1S/C25H26FN5O/c1-4-15-11-17(32)5-6-18(15)19-7-8-20-23(22(19)26)30-31-24(20)25-27-12-21(29-25)16-9-13(2)28-14(3)10-16/h5-9,11-14,28,32H,4,10H2,1-3H3,(H,27,29)(H,30,31)/t13-,14+/m1/s1. The molecule has 0 radical (unpaired) electrons. The Morgan fingerprint density at radius 2 is 1.97 bits per heavy atom. The number of rotatable bonds is 4. The second kappa shape index (κ2) is 7.91. The fourth-order valence-corrected chi connectivity index (χ4v) is 4.64. The summed E-state index contributed by atoms with van der Waals surface area (Å²) in [7, 11) is 0. The predicted octanol–water partition coefficient (Wildman–Crippen LogP) is 5.18. The molecule has 4 N–H and O–H groups in total. The summed E-state index contributed by atoms with van der Waals surface area (Å²) >= 11 is 0. The molecule has 0 saturated heterocycles. The van der Waals surface area contributed by atoms with E-state index in [4.69, 9.17) is 0 Å². The van der Waals surface area contributed by atoms with E-state index in [0.717, 1.165) is 23.2 Å². The smallest absolute Gasteiger partial charge is 0.159 e. The Bertz CT molecular complexity index is 1340. The minimum absolute atomic E-state index is 0.176. The molecule has 2 aromatic heterocycles. The summed E-state index contributed by atoms with van der Waals surface area (Å²) in [5.74, 6) is 0.421. The first-order valence-electron chi connectivity index (χ1n) is 11.0. The Kier molecular flexibility index (Phi) is 5.06. The van der Waals surface area contributed by atoms with Gasteiger partial charge in [0.15, 0.2) is 11.6 Å². The lowest BCUT2D eigenvalue weighted by molar-refractivity contribution is 0.474. The average molecular weight is 432 g/mol. The van der Waals surface area contributed by atoms with Crippen LogP contribution in [0.4, 0.5) is 4.39 Å². The van der Waals surface area contributed by atoms with E-state index in [1.54, 1.807) is 24.3 Å². The largest absolute Gasteiger partial charge is 0.508 e. The van der Waals surface area contributed by atoms with Gasteiger partial charge in [0.05, 0.1) is 11.9 Å². The van der Waals surface area contributed by atoms with Gasteiger partial charge in [-0.25, -0.2) is 9.37 Å². The molecule has 1 aliphatic heterocycles. The highest BCUT2D eigenvalue weighted by Crippen LogP contribution is 2.35. The molecule has 0 spiro atoms. The summed E-state index contributed by atoms with van der Waals surface area (Å²) in [6.07, 6.45) is 5.63. The maximum atomic E-state index is 15.5. The van der Waals surface area contributed by atoms with Crippen LogP contribution in [0.3, 0.4) is 0 Å². The molecule has 2 atom stereocenters. The fraction of sp³-hybridized carbons (Fsp3) is 0.280. The van der Waals surface area contributed by atoms with Gasteiger partial charge in [-0.05, 0) is 61.6 Å². The van der Waals surface area contributed by atoms with Gasteiger partial charge in [0.1, 0.15) is 17.0 Å². The Labute approximate surface area is 185 Å². The number of phenolic OH excluding ortho intramolecular Hbond substituents is 1. The van der Waals surface area contributed by atoms with E-state index in [2.05, 4.69) is 45.4 Å². The number of H-pyrrole nitrogens is 2.